The van der Waals surface area contributed by atoms with Gasteiger partial charge in [0.1, 0.15) is 12.4 Å². The number of hydrogen-bond donors (Lipinski definition) is 0. The molecule has 7 heteroatoms. The molecule has 0 bridgehead atoms. The minimum absolute atomic E-state index is 0.00708. The van der Waals surface area contributed by atoms with Crippen LogP contribution in [-0.4, -0.2) is 16.9 Å². The van der Waals surface area contributed by atoms with Gasteiger partial charge < -0.3 is 4.74 Å². The first kappa shape index (κ1) is 19.7. The van der Waals surface area contributed by atoms with Gasteiger partial charge in [-0.25, -0.2) is 9.37 Å². The second-order valence-corrected chi connectivity index (χ2v) is 6.91. The van der Waals surface area contributed by atoms with Crippen LogP contribution in [0.3, 0.4) is 0 Å². The van der Waals surface area contributed by atoms with Gasteiger partial charge in [0.2, 0.25) is 5.91 Å². The lowest BCUT2D eigenvalue weighted by atomic mass is 10.1. The van der Waals surface area contributed by atoms with Crippen molar-refractivity contribution >= 4 is 34.0 Å². The zero-order chi connectivity index (χ0) is 19.9. The van der Waals surface area contributed by atoms with E-state index in [1.165, 1.54) is 35.3 Å². The van der Waals surface area contributed by atoms with E-state index in [1.54, 1.807) is 17.5 Å². The van der Waals surface area contributed by atoms with Gasteiger partial charge in [-0.1, -0.05) is 42.5 Å². The third kappa shape index (κ3) is 5.01. The number of benzene rings is 2. The molecule has 0 saturated heterocycles. The van der Waals surface area contributed by atoms with Gasteiger partial charge in [-0.2, -0.15) is 0 Å². The smallest absolute Gasteiger partial charge is 0.306 e. The molecular weight excluding hydrogens is 379 g/mol. The predicted molar refractivity (Wildman–Crippen MR) is 106 cm³/mol. The van der Waals surface area contributed by atoms with Crippen molar-refractivity contribution in [2.75, 3.05) is 4.90 Å². The van der Waals surface area contributed by atoms with E-state index < -0.39 is 5.82 Å². The summed E-state index contributed by atoms with van der Waals surface area (Å²) in [6.07, 6.45) is 0.878. The molecule has 3 aromatic rings. The topological polar surface area (TPSA) is 59.5 Å². The largest absolute Gasteiger partial charge is 0.459 e. The van der Waals surface area contributed by atoms with E-state index in [4.69, 9.17) is 4.74 Å². The van der Waals surface area contributed by atoms with Crippen molar-refractivity contribution in [3.63, 3.8) is 0 Å². The third-order valence-corrected chi connectivity index (χ3v) is 4.86. The number of esters is 1. The van der Waals surface area contributed by atoms with Crippen LogP contribution in [0.4, 0.5) is 15.2 Å². The number of carbonyl (C=O) groups excluding carboxylic acids is 2. The number of aryl methyl sites for hydroxylation is 1. The number of thiazole rings is 1. The third-order valence-electron chi connectivity index (χ3n) is 3.98. The first-order valence-corrected chi connectivity index (χ1v) is 9.61. The lowest BCUT2D eigenvalue weighted by molar-refractivity contribution is -0.145. The van der Waals surface area contributed by atoms with Gasteiger partial charge in [-0.05, 0) is 24.1 Å². The second kappa shape index (κ2) is 9.23. The Bertz CT molecular complexity index is 959. The Morgan fingerprint density at radius 3 is 2.54 bits per heavy atom. The van der Waals surface area contributed by atoms with Gasteiger partial charge in [0.25, 0.3) is 0 Å². The summed E-state index contributed by atoms with van der Waals surface area (Å²) in [6, 6.07) is 15.7. The standard InChI is InChI=1S/C21H19FN2O3S/c1-15(25)24(19-10-6-5-9-18(19)22)21-23-17(14-28-21)13-27-20(26)12-11-16-7-3-2-4-8-16/h2-10,14H,11-13H2,1H3. The van der Waals surface area contributed by atoms with Crippen LogP contribution in [0.1, 0.15) is 24.6 Å². The molecule has 0 fully saturated rings. The van der Waals surface area contributed by atoms with Crippen LogP contribution in [0.25, 0.3) is 0 Å². The summed E-state index contributed by atoms with van der Waals surface area (Å²) in [4.78, 5) is 29.5. The Kier molecular flexibility index (Phi) is 6.49. The highest BCUT2D eigenvalue weighted by Crippen LogP contribution is 2.30. The molecule has 1 amide bonds. The molecule has 0 aliphatic heterocycles. The van der Waals surface area contributed by atoms with Crippen molar-refractivity contribution in [3.8, 4) is 0 Å². The SMILES string of the molecule is CC(=O)N(c1nc(COC(=O)CCc2ccccc2)cs1)c1ccccc1F. The maximum atomic E-state index is 14.1. The fraction of sp³-hybridized carbons (Fsp3) is 0.190. The van der Waals surface area contributed by atoms with Gasteiger partial charge in [-0.15, -0.1) is 11.3 Å². The zero-order valence-electron chi connectivity index (χ0n) is 15.3. The molecule has 0 atom stereocenters. The molecule has 0 spiro atoms. The summed E-state index contributed by atoms with van der Waals surface area (Å²) in [7, 11) is 0. The van der Waals surface area contributed by atoms with Gasteiger partial charge in [-0.3, -0.25) is 14.5 Å². The molecule has 1 aromatic heterocycles. The number of rotatable bonds is 7. The van der Waals surface area contributed by atoms with Gasteiger partial charge in [0.05, 0.1) is 11.4 Å². The average molecular weight is 398 g/mol. The minimum atomic E-state index is -0.512. The lowest BCUT2D eigenvalue weighted by Crippen LogP contribution is -2.23. The molecule has 0 N–H and O–H groups in total. The van der Waals surface area contributed by atoms with Crippen molar-refractivity contribution in [1.29, 1.82) is 0 Å². The Morgan fingerprint density at radius 1 is 1.11 bits per heavy atom. The van der Waals surface area contributed by atoms with E-state index >= 15 is 0 Å². The summed E-state index contributed by atoms with van der Waals surface area (Å²) in [6.45, 7) is 1.35. The molecular formula is C21H19FN2O3S. The van der Waals surface area contributed by atoms with E-state index in [9.17, 15) is 14.0 Å². The van der Waals surface area contributed by atoms with E-state index in [0.717, 1.165) is 5.56 Å². The second-order valence-electron chi connectivity index (χ2n) is 6.07. The van der Waals surface area contributed by atoms with Crippen LogP contribution < -0.4 is 4.90 Å². The van der Waals surface area contributed by atoms with Gasteiger partial charge in [0, 0.05) is 18.7 Å². The van der Waals surface area contributed by atoms with Crippen molar-refractivity contribution in [2.45, 2.75) is 26.4 Å². The maximum absolute atomic E-state index is 14.1. The molecule has 3 rings (SSSR count). The van der Waals surface area contributed by atoms with Crippen molar-refractivity contribution in [2.24, 2.45) is 0 Å². The molecule has 0 unspecified atom stereocenters. The maximum Gasteiger partial charge on any atom is 0.306 e. The summed E-state index contributed by atoms with van der Waals surface area (Å²) in [5.41, 5.74) is 1.71. The molecule has 2 aromatic carbocycles. The fourth-order valence-corrected chi connectivity index (χ4v) is 3.49. The number of carbonyl (C=O) groups is 2. The molecule has 5 nitrogen and oxygen atoms in total. The highest BCUT2D eigenvalue weighted by Gasteiger charge is 2.21. The normalized spacial score (nSPS) is 10.5. The minimum Gasteiger partial charge on any atom is -0.459 e. The molecule has 1 heterocycles. The van der Waals surface area contributed by atoms with Crippen molar-refractivity contribution in [3.05, 3.63) is 77.1 Å². The summed E-state index contributed by atoms with van der Waals surface area (Å²) in [5.74, 6) is -1.19. The first-order chi connectivity index (χ1) is 13.5. The molecule has 28 heavy (non-hydrogen) atoms. The number of hydrogen-bond acceptors (Lipinski definition) is 5. The van der Waals surface area contributed by atoms with Crippen molar-refractivity contribution in [1.82, 2.24) is 4.98 Å². The molecule has 0 radical (unpaired) electrons. The highest BCUT2D eigenvalue weighted by molar-refractivity contribution is 7.14. The fourth-order valence-electron chi connectivity index (χ4n) is 2.62. The lowest BCUT2D eigenvalue weighted by Gasteiger charge is -2.18. The van der Waals surface area contributed by atoms with E-state index in [0.29, 0.717) is 17.2 Å². The number of nitrogens with zero attached hydrogens (tertiary/aromatic N) is 2. The van der Waals surface area contributed by atoms with E-state index in [2.05, 4.69) is 4.98 Å². The van der Waals surface area contributed by atoms with Gasteiger partial charge >= 0.3 is 5.97 Å². The Balaban J connectivity index is 1.60. The van der Waals surface area contributed by atoms with Crippen LogP contribution in [0.2, 0.25) is 0 Å². The van der Waals surface area contributed by atoms with Crippen LogP contribution in [0.5, 0.6) is 0 Å². The van der Waals surface area contributed by atoms with Crippen LogP contribution in [0.15, 0.2) is 60.0 Å². The van der Waals surface area contributed by atoms with Crippen LogP contribution >= 0.6 is 11.3 Å². The number of aromatic nitrogens is 1. The highest BCUT2D eigenvalue weighted by atomic mass is 32.1. The Morgan fingerprint density at radius 2 is 1.82 bits per heavy atom. The molecule has 0 saturated carbocycles. The average Bonchev–Trinajstić information content (AvgIpc) is 3.15. The van der Waals surface area contributed by atoms with Gasteiger partial charge in [0.15, 0.2) is 5.13 Å². The summed E-state index contributed by atoms with van der Waals surface area (Å²) >= 11 is 1.19. The molecule has 0 aliphatic rings. The molecule has 0 aliphatic carbocycles. The number of ether oxygens (including phenoxy) is 1. The monoisotopic (exact) mass is 398 g/mol. The van der Waals surface area contributed by atoms with E-state index in [-0.39, 0.29) is 30.6 Å². The van der Waals surface area contributed by atoms with Crippen molar-refractivity contribution < 1.29 is 18.7 Å². The Hall–Kier alpha value is -3.06. The number of amides is 1. The van der Waals surface area contributed by atoms with E-state index in [1.807, 2.05) is 30.3 Å². The first-order valence-electron chi connectivity index (χ1n) is 8.74. The zero-order valence-corrected chi connectivity index (χ0v) is 16.1. The number of para-hydroxylation sites is 1. The molecule has 144 valence electrons. The number of halogens is 1. The number of anilines is 2. The predicted octanol–water partition coefficient (Wildman–Crippen LogP) is 4.64. The Labute approximate surface area is 166 Å². The van der Waals surface area contributed by atoms with Crippen LogP contribution in [-0.2, 0) is 27.4 Å². The summed E-state index contributed by atoms with van der Waals surface area (Å²) in [5, 5.41) is 2.02. The quantitative estimate of drug-likeness (QED) is 0.544. The summed E-state index contributed by atoms with van der Waals surface area (Å²) < 4.78 is 19.3. The van der Waals surface area contributed by atoms with Crippen LogP contribution in [0, 0.1) is 5.82 Å².